The number of aromatic nitrogens is 7. The van der Waals surface area contributed by atoms with Crippen LogP contribution in [0.3, 0.4) is 0 Å². The van der Waals surface area contributed by atoms with Gasteiger partial charge < -0.3 is 17.5 Å². The minimum atomic E-state index is -5.05. The number of fused-ring (bicyclic) bond motifs is 2. The Hall–Kier alpha value is -4.28. The number of aryl methyl sites for hydroxylation is 1. The normalized spacial score (nSPS) is 11.5. The minimum absolute atomic E-state index is 0. The van der Waals surface area contributed by atoms with Gasteiger partial charge in [-0.2, -0.15) is 0 Å². The first-order valence-corrected chi connectivity index (χ1v) is 18.4. The Bertz CT molecular complexity index is 2880. The van der Waals surface area contributed by atoms with E-state index < -0.39 is 26.4 Å². The largest absolute Gasteiger partial charge is 1.00 e. The van der Waals surface area contributed by atoms with E-state index in [0.29, 0.717) is 45.0 Å². The van der Waals surface area contributed by atoms with Gasteiger partial charge in [-0.15, -0.1) is 5.10 Å². The molecule has 0 N–H and O–H groups in total. The molecule has 0 aliphatic heterocycles. The fraction of sp³-hybridized carbons (Fsp3) is 0.118. The van der Waals surface area contributed by atoms with Crippen LogP contribution < -0.4 is 78.6 Å². The zero-order valence-corrected chi connectivity index (χ0v) is 34.8. The summed E-state index contributed by atoms with van der Waals surface area (Å²) in [5.74, 6) is -0.102. The van der Waals surface area contributed by atoms with Crippen molar-refractivity contribution in [3.05, 3.63) is 130 Å². The summed E-state index contributed by atoms with van der Waals surface area (Å²) in [5.41, 5.74) is 1.09. The Morgan fingerprint density at radius 3 is 1.64 bits per heavy atom. The maximum Gasteiger partial charge on any atom is 1.00 e. The van der Waals surface area contributed by atoms with Crippen molar-refractivity contribution in [3.8, 4) is 34.3 Å². The third kappa shape index (κ3) is 9.94. The van der Waals surface area contributed by atoms with Crippen LogP contribution in [0.2, 0.25) is 0 Å². The van der Waals surface area contributed by atoms with Gasteiger partial charge in [0, 0.05) is 24.2 Å². The van der Waals surface area contributed by atoms with Crippen molar-refractivity contribution in [1.29, 1.82) is 0 Å². The van der Waals surface area contributed by atoms with Crippen molar-refractivity contribution in [1.82, 2.24) is 34.1 Å². The molecule has 7 rings (SSSR count). The van der Waals surface area contributed by atoms with Crippen LogP contribution in [-0.4, -0.2) is 60.0 Å². The Morgan fingerprint density at radius 1 is 0.618 bits per heavy atom. The maximum atomic E-state index is 13.7. The summed E-state index contributed by atoms with van der Waals surface area (Å²) >= 11 is 0. The molecule has 0 bridgehead atoms. The molecule has 0 saturated heterocycles. The quantitative estimate of drug-likeness (QED) is 0.0675. The van der Waals surface area contributed by atoms with E-state index in [9.17, 15) is 35.5 Å². The van der Waals surface area contributed by atoms with Gasteiger partial charge in [-0.3, -0.25) is 23.4 Å². The molecule has 0 radical (unpaired) electrons. The predicted octanol–water partition coefficient (Wildman–Crippen LogP) is -3.14. The predicted molar refractivity (Wildman–Crippen MR) is 187 cm³/mol. The van der Waals surface area contributed by atoms with E-state index in [4.69, 9.17) is 0 Å². The van der Waals surface area contributed by atoms with Crippen LogP contribution in [0.25, 0.3) is 44.6 Å². The molecule has 55 heavy (non-hydrogen) atoms. The second kappa shape index (κ2) is 17.2. The average molecular weight is 802 g/mol. The summed E-state index contributed by atoms with van der Waals surface area (Å²) in [6.45, 7) is 0.360. The van der Waals surface area contributed by atoms with Crippen molar-refractivity contribution in [2.45, 2.75) is 26.1 Å². The van der Waals surface area contributed by atoms with Crippen LogP contribution in [-0.2, 0) is 40.4 Å². The number of rotatable bonds is 12. The van der Waals surface area contributed by atoms with Crippen molar-refractivity contribution < 1.29 is 93.4 Å². The van der Waals surface area contributed by atoms with Gasteiger partial charge in [-0.25, -0.2) is 26.8 Å². The SMILES string of the molecule is O=c1c2ccccc2nc(-c2cccc(OS(=O)(=O)[O-])c2)n1CCCn1cc(Cn2c(-c3cccc(OS(=O)(=O)[O-])c3)nc3ccccc3c2=O)nn1.[Na+].[Na+]. The van der Waals surface area contributed by atoms with E-state index in [1.165, 1.54) is 50.2 Å². The molecule has 0 fully saturated rings. The van der Waals surface area contributed by atoms with Crippen molar-refractivity contribution in [2.75, 3.05) is 0 Å². The molecule has 3 heterocycles. The van der Waals surface area contributed by atoms with E-state index in [2.05, 4.69) is 28.6 Å². The molecule has 0 aliphatic rings. The maximum absolute atomic E-state index is 13.7. The van der Waals surface area contributed by atoms with Gasteiger partial charge >= 0.3 is 59.1 Å². The van der Waals surface area contributed by atoms with E-state index in [0.717, 1.165) is 0 Å². The topological polar surface area (TPSA) is 233 Å². The van der Waals surface area contributed by atoms with Gasteiger partial charge in [-0.05, 0) is 55.0 Å². The summed E-state index contributed by atoms with van der Waals surface area (Å²) < 4.78 is 80.7. The Balaban J connectivity index is 0.00000290. The van der Waals surface area contributed by atoms with Gasteiger partial charge in [0.1, 0.15) is 28.8 Å². The minimum Gasteiger partial charge on any atom is -0.716 e. The first kappa shape index (κ1) is 41.9. The second-order valence-electron chi connectivity index (χ2n) is 11.6. The van der Waals surface area contributed by atoms with E-state index in [1.54, 1.807) is 66.9 Å². The van der Waals surface area contributed by atoms with Gasteiger partial charge in [0.25, 0.3) is 31.9 Å². The smallest absolute Gasteiger partial charge is 0.716 e. The summed E-state index contributed by atoms with van der Waals surface area (Å²) in [6, 6.07) is 24.7. The first-order valence-electron chi connectivity index (χ1n) is 15.7. The standard InChI is InChI=1S/C34H27N7O10S2.2Na/c42-33-27-12-1-3-14-29(27)35-31(22-8-5-10-25(18-22)50-52(44,45)46)40(33)17-7-16-39-20-24(37-38-39)21-41-32(36-30-15-4-2-13-28(30)34(41)43)23-9-6-11-26(19-23)51-53(47,48)49;;/h1-6,8-15,18-20H,7,16-17,21H2,(H,44,45,46)(H,47,48,49);;/q;2*+1/p-2. The molecule has 0 saturated carbocycles. The van der Waals surface area contributed by atoms with Crippen LogP contribution in [0.4, 0.5) is 0 Å². The molecule has 0 spiro atoms. The van der Waals surface area contributed by atoms with Crippen LogP contribution >= 0.6 is 0 Å². The van der Waals surface area contributed by atoms with Crippen molar-refractivity contribution in [2.24, 2.45) is 0 Å². The van der Waals surface area contributed by atoms with Gasteiger partial charge in [0.05, 0.1) is 34.5 Å². The molecule has 3 aromatic heterocycles. The molecule has 7 aromatic rings. The monoisotopic (exact) mass is 801 g/mol. The number of para-hydroxylation sites is 2. The summed E-state index contributed by atoms with van der Waals surface area (Å²) in [4.78, 5) is 36.7. The number of benzene rings is 4. The van der Waals surface area contributed by atoms with Crippen LogP contribution in [0.5, 0.6) is 11.5 Å². The third-order valence-electron chi connectivity index (χ3n) is 7.98. The molecule has 0 unspecified atom stereocenters. The number of hydrogen-bond acceptors (Lipinski definition) is 14. The average Bonchev–Trinajstić information content (AvgIpc) is 3.56. The van der Waals surface area contributed by atoms with Gasteiger partial charge in [0.2, 0.25) is 0 Å². The Morgan fingerprint density at radius 2 is 1.11 bits per heavy atom. The molecule has 270 valence electrons. The first-order chi connectivity index (χ1) is 25.3. The van der Waals surface area contributed by atoms with Gasteiger partial charge in [-0.1, -0.05) is 53.7 Å². The second-order valence-corrected chi connectivity index (χ2v) is 13.6. The molecule has 21 heteroatoms. The zero-order valence-electron chi connectivity index (χ0n) is 29.2. The van der Waals surface area contributed by atoms with Crippen LogP contribution in [0.1, 0.15) is 12.1 Å². The van der Waals surface area contributed by atoms with E-state index >= 15 is 0 Å². The molecule has 0 amide bonds. The molecular weight excluding hydrogens is 777 g/mol. The van der Waals surface area contributed by atoms with Gasteiger partial charge in [0.15, 0.2) is 0 Å². The third-order valence-corrected chi connectivity index (χ3v) is 8.77. The fourth-order valence-electron chi connectivity index (χ4n) is 5.81. The molecular formula is C34H25N7Na2O10S2. The summed E-state index contributed by atoms with van der Waals surface area (Å²) in [5, 5.41) is 9.12. The zero-order chi connectivity index (χ0) is 37.3. The molecule has 4 aromatic carbocycles. The summed E-state index contributed by atoms with van der Waals surface area (Å²) in [6.07, 6.45) is 1.99. The van der Waals surface area contributed by atoms with E-state index in [1.807, 2.05) is 0 Å². The van der Waals surface area contributed by atoms with Crippen LogP contribution in [0, 0.1) is 0 Å². The summed E-state index contributed by atoms with van der Waals surface area (Å²) in [7, 11) is -10.1. The molecule has 0 aliphatic carbocycles. The fourth-order valence-corrected chi connectivity index (χ4v) is 6.49. The molecule has 0 atom stereocenters. The van der Waals surface area contributed by atoms with E-state index in [-0.39, 0.29) is 107 Å². The Labute approximate surface area is 357 Å². The van der Waals surface area contributed by atoms with Crippen molar-refractivity contribution in [3.63, 3.8) is 0 Å². The Kier molecular flexibility index (Phi) is 13.1. The van der Waals surface area contributed by atoms with Crippen molar-refractivity contribution >= 4 is 42.6 Å². The van der Waals surface area contributed by atoms with Crippen LogP contribution in [0.15, 0.2) is 113 Å². The number of hydrogen-bond donors (Lipinski definition) is 0. The number of nitrogens with zero attached hydrogens (tertiary/aromatic N) is 7. The molecule has 17 nitrogen and oxygen atoms in total.